The molecule has 0 heterocycles. The number of anilines is 3. The second-order valence-electron chi connectivity index (χ2n) is 16.2. The Morgan fingerprint density at radius 3 is 1.07 bits per heavy atom. The van der Waals surface area contributed by atoms with Crippen molar-refractivity contribution < 1.29 is 0 Å². The van der Waals surface area contributed by atoms with Crippen LogP contribution in [0, 0.1) is 0 Å². The van der Waals surface area contributed by atoms with E-state index in [-0.39, 0.29) is 5.41 Å². The van der Waals surface area contributed by atoms with E-state index in [1.165, 1.54) is 88.0 Å². The Kier molecular flexibility index (Phi) is 7.91. The van der Waals surface area contributed by atoms with Crippen LogP contribution in [0.15, 0.2) is 212 Å². The van der Waals surface area contributed by atoms with Crippen molar-refractivity contribution in [2.75, 3.05) is 4.90 Å². The number of hydrogen-bond donors (Lipinski definition) is 0. The lowest BCUT2D eigenvalue weighted by Gasteiger charge is -2.28. The monoisotopic (exact) mass is 739 g/mol. The predicted molar refractivity (Wildman–Crippen MR) is 248 cm³/mol. The maximum Gasteiger partial charge on any atom is 0.0465 e. The average Bonchev–Trinajstić information content (AvgIpc) is 3.51. The first-order chi connectivity index (χ1) is 28.5. The molecule has 1 heteroatoms. The summed E-state index contributed by atoms with van der Waals surface area (Å²) in [4.78, 5) is 2.41. The minimum Gasteiger partial charge on any atom is -0.310 e. The van der Waals surface area contributed by atoms with Gasteiger partial charge in [0.05, 0.1) is 0 Å². The molecule has 0 saturated carbocycles. The van der Waals surface area contributed by atoms with Crippen LogP contribution < -0.4 is 4.90 Å². The zero-order valence-electron chi connectivity index (χ0n) is 32.7. The van der Waals surface area contributed by atoms with E-state index in [0.29, 0.717) is 0 Å². The molecule has 0 amide bonds. The molecule has 0 unspecified atom stereocenters. The van der Waals surface area contributed by atoms with E-state index in [1.807, 2.05) is 0 Å². The van der Waals surface area contributed by atoms with Crippen LogP contribution in [0.4, 0.5) is 17.1 Å². The summed E-state index contributed by atoms with van der Waals surface area (Å²) in [6, 6.07) is 78.3. The quantitative estimate of drug-likeness (QED) is 0.164. The number of fused-ring (bicyclic) bond motifs is 6. The molecule has 11 rings (SSSR count). The predicted octanol–water partition coefficient (Wildman–Crippen LogP) is 15.9. The lowest BCUT2D eigenvalue weighted by Crippen LogP contribution is -2.16. The molecule has 10 aromatic carbocycles. The molecule has 0 fully saturated rings. The van der Waals surface area contributed by atoms with Gasteiger partial charge in [-0.05, 0) is 149 Å². The first kappa shape index (κ1) is 34.1. The normalized spacial score (nSPS) is 12.8. The molecule has 0 aromatic heterocycles. The Bertz CT molecular complexity index is 3060. The van der Waals surface area contributed by atoms with Gasteiger partial charge in [-0.2, -0.15) is 0 Å². The zero-order chi connectivity index (χ0) is 38.8. The molecule has 0 aliphatic heterocycles. The fourth-order valence-electron chi connectivity index (χ4n) is 9.20. The highest BCUT2D eigenvalue weighted by Gasteiger charge is 2.36. The molecule has 274 valence electrons. The van der Waals surface area contributed by atoms with Crippen molar-refractivity contribution in [3.63, 3.8) is 0 Å². The maximum absolute atomic E-state index is 2.43. The van der Waals surface area contributed by atoms with E-state index in [1.54, 1.807) is 0 Å². The van der Waals surface area contributed by atoms with Gasteiger partial charge in [-0.1, -0.05) is 166 Å². The van der Waals surface area contributed by atoms with Crippen LogP contribution in [-0.4, -0.2) is 0 Å². The molecule has 0 spiro atoms. The van der Waals surface area contributed by atoms with Crippen LogP contribution in [0.2, 0.25) is 0 Å². The van der Waals surface area contributed by atoms with Gasteiger partial charge in [-0.25, -0.2) is 0 Å². The van der Waals surface area contributed by atoms with Gasteiger partial charge in [-0.15, -0.1) is 0 Å². The van der Waals surface area contributed by atoms with Crippen LogP contribution in [0.1, 0.15) is 25.0 Å². The highest BCUT2D eigenvalue weighted by molar-refractivity contribution is 5.92. The van der Waals surface area contributed by atoms with E-state index < -0.39 is 0 Å². The minimum absolute atomic E-state index is 0.181. The third-order valence-corrected chi connectivity index (χ3v) is 12.4. The smallest absolute Gasteiger partial charge is 0.0465 e. The van der Waals surface area contributed by atoms with Crippen LogP contribution in [0.3, 0.4) is 0 Å². The first-order valence-corrected chi connectivity index (χ1v) is 20.2. The molecule has 1 aliphatic rings. The summed E-state index contributed by atoms with van der Waals surface area (Å²) in [5, 5.41) is 7.56. The molecule has 0 radical (unpaired) electrons. The Labute approximate surface area is 340 Å². The number of benzene rings is 10. The molecule has 10 aromatic rings. The van der Waals surface area contributed by atoms with Gasteiger partial charge in [0, 0.05) is 22.5 Å². The van der Waals surface area contributed by atoms with Crippen molar-refractivity contribution in [2.24, 2.45) is 0 Å². The Morgan fingerprint density at radius 1 is 0.276 bits per heavy atom. The highest BCUT2D eigenvalue weighted by atomic mass is 15.1. The molecule has 0 atom stereocenters. The summed E-state index contributed by atoms with van der Waals surface area (Å²) in [5.74, 6) is 0. The van der Waals surface area contributed by atoms with Crippen LogP contribution >= 0.6 is 0 Å². The molecule has 1 nitrogen and oxygen atoms in total. The van der Waals surface area contributed by atoms with Crippen molar-refractivity contribution in [3.8, 4) is 44.5 Å². The van der Waals surface area contributed by atoms with Crippen molar-refractivity contribution in [3.05, 3.63) is 223 Å². The number of rotatable bonds is 6. The summed E-state index contributed by atoms with van der Waals surface area (Å²) in [7, 11) is 0. The molecule has 0 N–H and O–H groups in total. The fourth-order valence-corrected chi connectivity index (χ4v) is 9.20. The van der Waals surface area contributed by atoms with Gasteiger partial charge < -0.3 is 4.90 Å². The second kappa shape index (κ2) is 13.5. The zero-order valence-corrected chi connectivity index (χ0v) is 32.7. The van der Waals surface area contributed by atoms with Gasteiger partial charge in [0.25, 0.3) is 0 Å². The van der Waals surface area contributed by atoms with Gasteiger partial charge in [0.1, 0.15) is 0 Å². The van der Waals surface area contributed by atoms with Crippen LogP contribution in [0.25, 0.3) is 76.8 Å². The molecule has 1 aliphatic carbocycles. The van der Waals surface area contributed by atoms with Gasteiger partial charge >= 0.3 is 0 Å². The third-order valence-electron chi connectivity index (χ3n) is 12.4. The molecule has 58 heavy (non-hydrogen) atoms. The molecule has 0 saturated heterocycles. The van der Waals surface area contributed by atoms with E-state index in [4.69, 9.17) is 0 Å². The molecular formula is C57H41N. The standard InChI is InChI=1S/C57H41N/c1-57(2)55-36-49(48-20-17-40-11-5-8-14-45(40)35-48)25-31-53(55)54-32-30-52(37-56(54)57)58(50-26-21-41(22-27-50)46-18-15-38-9-3-6-12-43(38)33-46)51-28-23-42(24-29-51)47-19-16-39-10-4-7-13-44(39)34-47/h3-37H,1-2H3. The average molecular weight is 740 g/mol. The lowest BCUT2D eigenvalue weighted by atomic mass is 9.81. The summed E-state index contributed by atoms with van der Waals surface area (Å²) >= 11 is 0. The maximum atomic E-state index is 2.43. The summed E-state index contributed by atoms with van der Waals surface area (Å²) in [6.45, 7) is 4.76. The Balaban J connectivity index is 0.988. The van der Waals surface area contributed by atoms with Crippen molar-refractivity contribution in [1.82, 2.24) is 0 Å². The first-order valence-electron chi connectivity index (χ1n) is 20.2. The summed E-state index contributed by atoms with van der Waals surface area (Å²) in [5.41, 5.74) is 15.9. The van der Waals surface area contributed by atoms with E-state index >= 15 is 0 Å². The van der Waals surface area contributed by atoms with E-state index in [9.17, 15) is 0 Å². The molecular weight excluding hydrogens is 699 g/mol. The fraction of sp³-hybridized carbons (Fsp3) is 0.0526. The van der Waals surface area contributed by atoms with Gasteiger partial charge in [0.2, 0.25) is 0 Å². The van der Waals surface area contributed by atoms with Crippen molar-refractivity contribution in [2.45, 2.75) is 19.3 Å². The van der Waals surface area contributed by atoms with Crippen LogP contribution in [0.5, 0.6) is 0 Å². The lowest BCUT2D eigenvalue weighted by molar-refractivity contribution is 0.660. The van der Waals surface area contributed by atoms with Gasteiger partial charge in [-0.3, -0.25) is 0 Å². The molecule has 0 bridgehead atoms. The largest absolute Gasteiger partial charge is 0.310 e. The van der Waals surface area contributed by atoms with Crippen molar-refractivity contribution >= 4 is 49.4 Å². The van der Waals surface area contributed by atoms with Gasteiger partial charge in [0.15, 0.2) is 0 Å². The minimum atomic E-state index is -0.181. The van der Waals surface area contributed by atoms with E-state index in [0.717, 1.165) is 17.1 Å². The van der Waals surface area contributed by atoms with Crippen LogP contribution in [-0.2, 0) is 5.41 Å². The van der Waals surface area contributed by atoms with E-state index in [2.05, 4.69) is 231 Å². The SMILES string of the molecule is CC1(C)c2cc(-c3ccc4ccccc4c3)ccc2-c2ccc(N(c3ccc(-c4ccc5ccccc5c4)cc3)c3ccc(-c4ccc5ccccc5c4)cc3)cc21. The highest BCUT2D eigenvalue weighted by Crippen LogP contribution is 2.52. The third kappa shape index (κ3) is 5.78. The Morgan fingerprint density at radius 2 is 0.603 bits per heavy atom. The summed E-state index contributed by atoms with van der Waals surface area (Å²) in [6.07, 6.45) is 0. The second-order valence-corrected chi connectivity index (χ2v) is 16.2. The number of nitrogens with zero attached hydrogens (tertiary/aromatic N) is 1. The number of hydrogen-bond acceptors (Lipinski definition) is 1. The van der Waals surface area contributed by atoms with Crippen molar-refractivity contribution in [1.29, 1.82) is 0 Å². The Hall–Kier alpha value is -7.22. The topological polar surface area (TPSA) is 3.24 Å². The summed E-state index contributed by atoms with van der Waals surface area (Å²) < 4.78 is 0.